The molecule has 0 radical (unpaired) electrons. The number of hydrogen-bond donors (Lipinski definition) is 0. The second-order valence-electron chi connectivity index (χ2n) is 2.99. The quantitative estimate of drug-likeness (QED) is 0.691. The van der Waals surface area contributed by atoms with E-state index in [1.54, 1.807) is 0 Å². The van der Waals surface area contributed by atoms with E-state index in [2.05, 4.69) is 34.1 Å². The van der Waals surface area contributed by atoms with Crippen LogP contribution >= 0.6 is 15.9 Å². The van der Waals surface area contributed by atoms with Gasteiger partial charge in [-0.25, -0.2) is 0 Å². The van der Waals surface area contributed by atoms with Crippen molar-refractivity contribution in [2.75, 3.05) is 0 Å². The van der Waals surface area contributed by atoms with E-state index >= 15 is 0 Å². The molecule has 1 aliphatic rings. The Morgan fingerprint density at radius 1 is 1.82 bits per heavy atom. The van der Waals surface area contributed by atoms with Crippen molar-refractivity contribution in [1.29, 1.82) is 0 Å². The van der Waals surface area contributed by atoms with Crippen molar-refractivity contribution in [2.45, 2.75) is 30.6 Å². The smallest absolute Gasteiger partial charge is 0.0524 e. The second-order valence-corrected chi connectivity index (χ2v) is 4.16. The number of aryl methyl sites for hydroxylation is 1. The highest BCUT2D eigenvalue weighted by atomic mass is 79.9. The zero-order valence-corrected chi connectivity index (χ0v) is 8.08. The van der Waals surface area contributed by atoms with E-state index in [4.69, 9.17) is 0 Å². The summed E-state index contributed by atoms with van der Waals surface area (Å²) in [6.45, 7) is 3.08. The topological polar surface area (TPSA) is 17.8 Å². The van der Waals surface area contributed by atoms with Crippen LogP contribution in [0.1, 0.15) is 24.8 Å². The first-order valence-electron chi connectivity index (χ1n) is 3.97. The molecule has 0 spiro atoms. The standard InChI is InChI=1S/C8H11BrN2/c1-2-11-5-6(4-10-11)7-3-8(7)9/h4-5,7-8H,2-3H2,1H3/t7-,8+/m0/s1. The summed E-state index contributed by atoms with van der Waals surface area (Å²) in [5.74, 6) is 0.732. The van der Waals surface area contributed by atoms with E-state index < -0.39 is 0 Å². The summed E-state index contributed by atoms with van der Waals surface area (Å²) in [4.78, 5) is 0.706. The summed E-state index contributed by atoms with van der Waals surface area (Å²) in [5.41, 5.74) is 1.38. The molecule has 0 unspecified atom stereocenters. The number of hydrogen-bond acceptors (Lipinski definition) is 1. The average molecular weight is 215 g/mol. The number of alkyl halides is 1. The first-order valence-corrected chi connectivity index (χ1v) is 4.89. The summed E-state index contributed by atoms with van der Waals surface area (Å²) >= 11 is 3.58. The Bertz CT molecular complexity index is 256. The molecule has 1 fully saturated rings. The van der Waals surface area contributed by atoms with Crippen molar-refractivity contribution >= 4 is 15.9 Å². The van der Waals surface area contributed by atoms with Gasteiger partial charge in [-0.1, -0.05) is 15.9 Å². The fourth-order valence-electron chi connectivity index (χ4n) is 1.25. The van der Waals surface area contributed by atoms with Crippen LogP contribution in [0.15, 0.2) is 12.4 Å². The van der Waals surface area contributed by atoms with Crippen LogP contribution in [0, 0.1) is 0 Å². The normalized spacial score (nSPS) is 28.9. The molecule has 0 aromatic carbocycles. The second kappa shape index (κ2) is 2.63. The van der Waals surface area contributed by atoms with Gasteiger partial charge in [0.15, 0.2) is 0 Å². The SMILES string of the molecule is CCn1cc([C@@H]2C[C@H]2Br)cn1. The number of aromatic nitrogens is 2. The van der Waals surface area contributed by atoms with Gasteiger partial charge in [0.1, 0.15) is 0 Å². The summed E-state index contributed by atoms with van der Waals surface area (Å²) in [5, 5.41) is 4.23. The van der Waals surface area contributed by atoms with E-state index in [0.717, 1.165) is 12.5 Å². The third kappa shape index (κ3) is 1.34. The zero-order chi connectivity index (χ0) is 7.84. The van der Waals surface area contributed by atoms with Crippen molar-refractivity contribution in [3.05, 3.63) is 18.0 Å². The minimum absolute atomic E-state index is 0.706. The van der Waals surface area contributed by atoms with Gasteiger partial charge in [0.25, 0.3) is 0 Å². The van der Waals surface area contributed by atoms with Crippen LogP contribution < -0.4 is 0 Å². The van der Waals surface area contributed by atoms with Crippen molar-refractivity contribution in [3.8, 4) is 0 Å². The van der Waals surface area contributed by atoms with Gasteiger partial charge in [0.2, 0.25) is 0 Å². The molecule has 0 saturated heterocycles. The van der Waals surface area contributed by atoms with Crippen molar-refractivity contribution < 1.29 is 0 Å². The first-order chi connectivity index (χ1) is 5.31. The maximum absolute atomic E-state index is 4.23. The molecule has 3 heteroatoms. The Kier molecular flexibility index (Phi) is 1.75. The van der Waals surface area contributed by atoms with Crippen molar-refractivity contribution in [1.82, 2.24) is 9.78 Å². The monoisotopic (exact) mass is 214 g/mol. The van der Waals surface area contributed by atoms with Crippen molar-refractivity contribution in [3.63, 3.8) is 0 Å². The maximum Gasteiger partial charge on any atom is 0.0524 e. The zero-order valence-electron chi connectivity index (χ0n) is 6.50. The van der Waals surface area contributed by atoms with E-state index in [1.165, 1.54) is 12.0 Å². The lowest BCUT2D eigenvalue weighted by atomic mass is 10.2. The van der Waals surface area contributed by atoms with Crippen LogP contribution in [0.3, 0.4) is 0 Å². The Balaban J connectivity index is 2.13. The van der Waals surface area contributed by atoms with Gasteiger partial charge < -0.3 is 0 Å². The largest absolute Gasteiger partial charge is 0.273 e. The molecule has 1 heterocycles. The number of halogens is 1. The Morgan fingerprint density at radius 3 is 3.00 bits per heavy atom. The lowest BCUT2D eigenvalue weighted by Crippen LogP contribution is -1.92. The van der Waals surface area contributed by atoms with Crippen LogP contribution in [0.25, 0.3) is 0 Å². The van der Waals surface area contributed by atoms with Gasteiger partial charge in [-0.15, -0.1) is 0 Å². The van der Waals surface area contributed by atoms with Gasteiger partial charge in [-0.2, -0.15) is 5.10 Å². The molecule has 2 nitrogen and oxygen atoms in total. The summed E-state index contributed by atoms with van der Waals surface area (Å²) in [7, 11) is 0. The van der Waals surface area contributed by atoms with Crippen LogP contribution in [0.2, 0.25) is 0 Å². The highest BCUT2D eigenvalue weighted by molar-refractivity contribution is 9.09. The summed E-state index contributed by atoms with van der Waals surface area (Å²) in [6.07, 6.45) is 5.40. The molecule has 1 aromatic rings. The van der Waals surface area contributed by atoms with E-state index in [0.29, 0.717) is 4.83 Å². The van der Waals surface area contributed by atoms with Crippen LogP contribution in [-0.4, -0.2) is 14.6 Å². The van der Waals surface area contributed by atoms with Gasteiger partial charge in [0.05, 0.1) is 6.20 Å². The third-order valence-corrected chi connectivity index (χ3v) is 3.13. The first kappa shape index (κ1) is 7.35. The summed E-state index contributed by atoms with van der Waals surface area (Å²) in [6, 6.07) is 0. The molecule has 0 aliphatic heterocycles. The molecular formula is C8H11BrN2. The molecular weight excluding hydrogens is 204 g/mol. The fraction of sp³-hybridized carbons (Fsp3) is 0.625. The molecule has 1 aliphatic carbocycles. The fourth-order valence-corrected chi connectivity index (χ4v) is 1.96. The van der Waals surface area contributed by atoms with Gasteiger partial charge in [0, 0.05) is 23.5 Å². The predicted octanol–water partition coefficient (Wildman–Crippen LogP) is 2.15. The van der Waals surface area contributed by atoms with Gasteiger partial charge in [-0.3, -0.25) is 4.68 Å². The highest BCUT2D eigenvalue weighted by Gasteiger charge is 2.36. The van der Waals surface area contributed by atoms with Crippen LogP contribution in [0.4, 0.5) is 0 Å². The molecule has 0 bridgehead atoms. The van der Waals surface area contributed by atoms with Gasteiger partial charge >= 0.3 is 0 Å². The molecule has 1 aromatic heterocycles. The third-order valence-electron chi connectivity index (χ3n) is 2.12. The van der Waals surface area contributed by atoms with E-state index in [9.17, 15) is 0 Å². The molecule has 0 N–H and O–H groups in total. The highest BCUT2D eigenvalue weighted by Crippen LogP contribution is 2.46. The van der Waals surface area contributed by atoms with Gasteiger partial charge in [-0.05, 0) is 18.9 Å². The minimum atomic E-state index is 0.706. The lowest BCUT2D eigenvalue weighted by Gasteiger charge is -1.90. The molecule has 0 amide bonds. The molecule has 2 rings (SSSR count). The average Bonchev–Trinajstić information content (AvgIpc) is 2.59. The van der Waals surface area contributed by atoms with E-state index in [-0.39, 0.29) is 0 Å². The Labute approximate surface area is 74.7 Å². The van der Waals surface area contributed by atoms with E-state index in [1.807, 2.05) is 10.9 Å². The molecule has 11 heavy (non-hydrogen) atoms. The molecule has 1 saturated carbocycles. The Morgan fingerprint density at radius 2 is 2.55 bits per heavy atom. The molecule has 2 atom stereocenters. The lowest BCUT2D eigenvalue weighted by molar-refractivity contribution is 0.659. The predicted molar refractivity (Wildman–Crippen MR) is 48.0 cm³/mol. The van der Waals surface area contributed by atoms with Crippen LogP contribution in [0.5, 0.6) is 0 Å². The Hall–Kier alpha value is -0.310. The number of rotatable bonds is 2. The number of nitrogens with zero attached hydrogens (tertiary/aromatic N) is 2. The summed E-state index contributed by atoms with van der Waals surface area (Å²) < 4.78 is 1.98. The van der Waals surface area contributed by atoms with Crippen molar-refractivity contribution in [2.24, 2.45) is 0 Å². The minimum Gasteiger partial charge on any atom is -0.273 e. The van der Waals surface area contributed by atoms with Crippen LogP contribution in [-0.2, 0) is 6.54 Å². The molecule has 60 valence electrons. The maximum atomic E-state index is 4.23.